The molecular formula is C17H19N9O4S3. The zero-order chi connectivity index (χ0) is 24.0. The van der Waals surface area contributed by atoms with Gasteiger partial charge in [0.05, 0.1) is 15.8 Å². The van der Waals surface area contributed by atoms with Gasteiger partial charge in [0, 0.05) is 18.2 Å². The van der Waals surface area contributed by atoms with Crippen molar-refractivity contribution in [3.63, 3.8) is 0 Å². The Labute approximate surface area is 192 Å². The van der Waals surface area contributed by atoms with E-state index in [0.29, 0.717) is 21.8 Å². The summed E-state index contributed by atoms with van der Waals surface area (Å²) in [5.41, 5.74) is 12.6. The van der Waals surface area contributed by atoms with Gasteiger partial charge in [-0.3, -0.25) is 0 Å². The van der Waals surface area contributed by atoms with Crippen molar-refractivity contribution in [2.24, 2.45) is 10.9 Å². The molecule has 0 unspecified atom stereocenters. The van der Waals surface area contributed by atoms with E-state index in [1.807, 2.05) is 0 Å². The van der Waals surface area contributed by atoms with E-state index in [1.165, 1.54) is 24.3 Å². The highest BCUT2D eigenvalue weighted by Crippen LogP contribution is 2.41. The van der Waals surface area contributed by atoms with Gasteiger partial charge in [0.2, 0.25) is 20.0 Å². The van der Waals surface area contributed by atoms with Gasteiger partial charge in [-0.05, 0) is 35.0 Å². The molecular weight excluding hydrogens is 490 g/mol. The molecule has 174 valence electrons. The molecule has 0 spiro atoms. The molecule has 4 aromatic rings. The number of H-pyrrole nitrogens is 1. The first-order valence-electron chi connectivity index (χ1n) is 9.34. The van der Waals surface area contributed by atoms with Gasteiger partial charge in [0.15, 0.2) is 11.0 Å². The Morgan fingerprint density at radius 3 is 2.55 bits per heavy atom. The summed E-state index contributed by atoms with van der Waals surface area (Å²) in [6.07, 6.45) is 0. The summed E-state index contributed by atoms with van der Waals surface area (Å²) < 4.78 is 54.8. The van der Waals surface area contributed by atoms with Crippen LogP contribution in [0.4, 0.5) is 5.13 Å². The molecule has 0 bridgehead atoms. The van der Waals surface area contributed by atoms with E-state index < -0.39 is 35.9 Å². The summed E-state index contributed by atoms with van der Waals surface area (Å²) in [6, 6.07) is 7.18. The van der Waals surface area contributed by atoms with Crippen molar-refractivity contribution in [3.05, 3.63) is 30.3 Å². The largest absolute Gasteiger partial charge is 0.375 e. The monoisotopic (exact) mass is 509 g/mol. The molecule has 0 saturated heterocycles. The Hall–Kier alpha value is -3.02. The van der Waals surface area contributed by atoms with E-state index >= 15 is 0 Å². The molecule has 0 radical (unpaired) electrons. The quantitative estimate of drug-likeness (QED) is 0.224. The predicted molar refractivity (Wildman–Crippen MR) is 123 cm³/mol. The summed E-state index contributed by atoms with van der Waals surface area (Å²) >= 11 is 1.25. The van der Waals surface area contributed by atoms with E-state index in [1.54, 1.807) is 18.2 Å². The van der Waals surface area contributed by atoms with Crippen LogP contribution in [0.5, 0.6) is 0 Å². The second-order valence-electron chi connectivity index (χ2n) is 7.07. The van der Waals surface area contributed by atoms with Gasteiger partial charge in [0.25, 0.3) is 0 Å². The molecule has 0 aliphatic carbocycles. The van der Waals surface area contributed by atoms with Crippen LogP contribution in [0.25, 0.3) is 32.7 Å². The van der Waals surface area contributed by atoms with Gasteiger partial charge >= 0.3 is 0 Å². The Balaban J connectivity index is 2.13. The van der Waals surface area contributed by atoms with Crippen LogP contribution < -0.4 is 21.3 Å². The number of tetrazole rings is 1. The normalized spacial score (nSPS) is 13.4. The van der Waals surface area contributed by atoms with Gasteiger partial charge in [-0.15, -0.1) is 5.10 Å². The number of benzene rings is 2. The lowest BCUT2D eigenvalue weighted by Crippen LogP contribution is -2.38. The van der Waals surface area contributed by atoms with E-state index in [2.05, 4.69) is 30.3 Å². The number of fused-ring (bicyclic) bond motifs is 1. The maximum absolute atomic E-state index is 13.1. The first-order valence-corrected chi connectivity index (χ1v) is 13.2. The molecule has 33 heavy (non-hydrogen) atoms. The number of hydrogen-bond donors (Lipinski definition) is 5. The number of para-hydroxylation sites is 1. The van der Waals surface area contributed by atoms with Crippen LogP contribution in [0.1, 0.15) is 6.92 Å². The lowest BCUT2D eigenvalue weighted by Gasteiger charge is -2.18. The van der Waals surface area contributed by atoms with Gasteiger partial charge in [0.1, 0.15) is 9.79 Å². The maximum atomic E-state index is 13.1. The number of thiazole rings is 1. The third-order valence-electron chi connectivity index (χ3n) is 4.71. The lowest BCUT2D eigenvalue weighted by atomic mass is 9.98. The maximum Gasteiger partial charge on any atom is 0.242 e. The molecule has 13 nitrogen and oxygen atoms in total. The molecule has 0 fully saturated rings. The van der Waals surface area contributed by atoms with Crippen molar-refractivity contribution < 1.29 is 16.8 Å². The Morgan fingerprint density at radius 1 is 1.15 bits per heavy atom. The number of nitrogens with zero attached hydrogens (tertiary/aromatic N) is 4. The molecule has 4 rings (SSSR count). The Bertz CT molecular complexity index is 1550. The molecule has 0 aliphatic heterocycles. The van der Waals surface area contributed by atoms with Crippen molar-refractivity contribution >= 4 is 46.7 Å². The number of primary sulfonamides is 1. The number of sulfonamides is 2. The van der Waals surface area contributed by atoms with Crippen molar-refractivity contribution in [2.75, 3.05) is 12.3 Å². The van der Waals surface area contributed by atoms with E-state index in [0.717, 1.165) is 10.8 Å². The minimum Gasteiger partial charge on any atom is -0.375 e. The molecule has 0 aliphatic rings. The van der Waals surface area contributed by atoms with Crippen molar-refractivity contribution in [2.45, 2.75) is 22.8 Å². The summed E-state index contributed by atoms with van der Waals surface area (Å²) in [6.45, 7) is 1.53. The molecule has 2 heterocycles. The average molecular weight is 510 g/mol. The first kappa shape index (κ1) is 23.1. The molecule has 0 amide bonds. The predicted octanol–water partition coefficient (Wildman–Crippen LogP) is -0.00150. The zero-order valence-corrected chi connectivity index (χ0v) is 19.5. The lowest BCUT2D eigenvalue weighted by molar-refractivity contribution is 0.557. The summed E-state index contributed by atoms with van der Waals surface area (Å²) in [4.78, 5) is 3.10. The molecule has 1 atom stereocenters. The number of nitrogens with one attached hydrogen (secondary N) is 2. The van der Waals surface area contributed by atoms with Gasteiger partial charge in [-0.25, -0.2) is 36.8 Å². The Morgan fingerprint density at radius 2 is 1.91 bits per heavy atom. The highest BCUT2D eigenvalue weighted by Gasteiger charge is 2.32. The average Bonchev–Trinajstić information content (AvgIpc) is 3.40. The van der Waals surface area contributed by atoms with E-state index in [-0.39, 0.29) is 17.9 Å². The van der Waals surface area contributed by atoms with Crippen molar-refractivity contribution in [1.82, 2.24) is 30.3 Å². The van der Waals surface area contributed by atoms with Gasteiger partial charge in [-0.2, -0.15) is 0 Å². The second-order valence-corrected chi connectivity index (χ2v) is 11.3. The minimum absolute atomic E-state index is 0.00581. The van der Waals surface area contributed by atoms with Crippen molar-refractivity contribution in [1.29, 1.82) is 0 Å². The molecule has 16 heteroatoms. The van der Waals surface area contributed by atoms with Crippen LogP contribution in [-0.4, -0.2) is 55.0 Å². The topological polar surface area (TPSA) is 226 Å². The molecule has 2 aromatic heterocycles. The summed E-state index contributed by atoms with van der Waals surface area (Å²) in [5, 5.41) is 19.2. The standard InChI is InChI=1S/C17H19N9O4S3/c1-8(7-18)24-33(29,30)12-6-5-9(10-3-2-4-11-14(10)21-17(19)31-11)13(15(12)32(20,27)28)16-22-25-26-23-16/h2-6,8,24H,7,18H2,1H3,(H2,19,21)(H2,20,27,28)(H,22,23,25,26)/t8-/m1/s1. The molecule has 2 aromatic carbocycles. The van der Waals surface area contributed by atoms with Gasteiger partial charge < -0.3 is 11.5 Å². The second kappa shape index (κ2) is 8.40. The minimum atomic E-state index is -4.60. The van der Waals surface area contributed by atoms with Crippen LogP contribution in [0.2, 0.25) is 0 Å². The Kier molecular flexibility index (Phi) is 5.89. The van der Waals surface area contributed by atoms with Crippen LogP contribution >= 0.6 is 11.3 Å². The number of anilines is 1. The highest BCUT2D eigenvalue weighted by molar-refractivity contribution is 7.92. The van der Waals surface area contributed by atoms with Crippen LogP contribution in [0, 0.1) is 0 Å². The number of nitrogen functional groups attached to an aromatic ring is 1. The number of aromatic nitrogens is 5. The third kappa shape index (κ3) is 4.31. The van der Waals surface area contributed by atoms with E-state index in [4.69, 9.17) is 16.6 Å². The van der Waals surface area contributed by atoms with Crippen LogP contribution in [0.3, 0.4) is 0 Å². The van der Waals surface area contributed by atoms with Gasteiger partial charge in [-0.1, -0.05) is 29.5 Å². The third-order valence-corrected chi connectivity index (χ3v) is 8.32. The number of aromatic amines is 1. The summed E-state index contributed by atoms with van der Waals surface area (Å²) in [5.74, 6) is -0.0989. The van der Waals surface area contributed by atoms with Crippen LogP contribution in [0.15, 0.2) is 40.1 Å². The number of nitrogens with two attached hydrogens (primary N) is 3. The van der Waals surface area contributed by atoms with Crippen LogP contribution in [-0.2, 0) is 20.0 Å². The fourth-order valence-electron chi connectivity index (χ4n) is 3.34. The molecule has 8 N–H and O–H groups in total. The zero-order valence-electron chi connectivity index (χ0n) is 17.0. The highest BCUT2D eigenvalue weighted by atomic mass is 32.2. The summed E-state index contributed by atoms with van der Waals surface area (Å²) in [7, 11) is -8.94. The van der Waals surface area contributed by atoms with E-state index in [9.17, 15) is 16.8 Å². The van der Waals surface area contributed by atoms with Crippen molar-refractivity contribution in [3.8, 4) is 22.5 Å². The smallest absolute Gasteiger partial charge is 0.242 e. The molecule has 0 saturated carbocycles. The SMILES string of the molecule is C[C@H](CN)NS(=O)(=O)c1ccc(-c2cccc3sc(N)nc23)c(-c2nnn[nH]2)c1S(N)(=O)=O. The first-order chi connectivity index (χ1) is 15.5. The fourth-order valence-corrected chi connectivity index (χ4v) is 6.97. The number of rotatable bonds is 7. The number of hydrogen-bond acceptors (Lipinski definition) is 11. The fraction of sp³-hybridized carbons (Fsp3) is 0.176.